The number of amides is 2. The minimum absolute atomic E-state index is 0. The maximum absolute atomic E-state index is 12.6. The maximum Gasteiger partial charge on any atom is 0.240 e. The summed E-state index contributed by atoms with van der Waals surface area (Å²) in [4.78, 5) is 38.1. The third kappa shape index (κ3) is 3.86. The molecule has 20 heavy (non-hydrogen) atoms. The second-order valence-electron chi connectivity index (χ2n) is 4.87. The van der Waals surface area contributed by atoms with E-state index in [2.05, 4.69) is 5.32 Å². The Morgan fingerprint density at radius 1 is 1.30 bits per heavy atom. The molecule has 0 aromatic rings. The van der Waals surface area contributed by atoms with Crippen LogP contribution in [0.4, 0.5) is 0 Å². The summed E-state index contributed by atoms with van der Waals surface area (Å²) in [6, 6.07) is -1.10. The molecule has 1 unspecified atom stereocenters. The van der Waals surface area contributed by atoms with Crippen LogP contribution < -0.4 is 5.32 Å². The standard InChI is InChI=1S/C13H20N3O3.Y/c1-15-7-2-5-11(15)13(19)16-8-3-4-10(16)12(18)14-6-9-17;/h10-11H,2-8H2,1H3,(H,14,18);/q-1;/t10-,11+;/m0./s1/i2T,3T;/t2?,3-,10-,11+;. The smallest absolute Gasteiger partial charge is 0.240 e. The number of carbonyl (C=O) groups excluding carboxylic acids is 3. The van der Waals surface area contributed by atoms with Crippen LogP contribution in [0.5, 0.6) is 0 Å². The molecule has 0 aromatic heterocycles. The van der Waals surface area contributed by atoms with E-state index in [-0.39, 0.29) is 64.5 Å². The van der Waals surface area contributed by atoms with Crippen LogP contribution >= 0.6 is 0 Å². The van der Waals surface area contributed by atoms with Gasteiger partial charge >= 0.3 is 0 Å². The van der Waals surface area contributed by atoms with Crippen LogP contribution in [0.3, 0.4) is 0 Å². The molecule has 2 fully saturated rings. The van der Waals surface area contributed by atoms with E-state index in [0.29, 0.717) is 13.0 Å². The van der Waals surface area contributed by atoms with Crippen molar-refractivity contribution < 1.29 is 49.8 Å². The fraction of sp³-hybridized carbons (Fsp3) is 0.769. The third-order valence-electron chi connectivity index (χ3n) is 3.64. The van der Waals surface area contributed by atoms with Crippen LogP contribution in [0.15, 0.2) is 0 Å². The van der Waals surface area contributed by atoms with E-state index in [1.807, 2.05) is 4.90 Å². The van der Waals surface area contributed by atoms with Crippen LogP contribution in [0, 0.1) is 0 Å². The molecule has 0 aromatic carbocycles. The first-order chi connectivity index (χ1) is 9.93. The van der Waals surface area contributed by atoms with E-state index in [0.717, 1.165) is 0 Å². The Morgan fingerprint density at radius 3 is 2.55 bits per heavy atom. The monoisotopic (exact) mass is 359 g/mol. The summed E-state index contributed by atoms with van der Waals surface area (Å²) in [7, 11) is 1.79. The number of likely N-dealkylation sites (N-methyl/N-ethyl adjacent to an activating group) is 1. The molecule has 2 aliphatic heterocycles. The largest absolute Gasteiger partial charge is 0.540 e. The number of carbonyl (C=O) groups is 2. The van der Waals surface area contributed by atoms with Crippen molar-refractivity contribution in [3.8, 4) is 0 Å². The number of nitrogens with zero attached hydrogens (tertiary/aromatic N) is 2. The summed E-state index contributed by atoms with van der Waals surface area (Å²) in [5, 5.41) is 2.40. The Hall–Kier alpha value is -0.326. The molecule has 0 bridgehead atoms. The molecular weight excluding hydrogens is 335 g/mol. The minimum Gasteiger partial charge on any atom is -0.540 e. The molecule has 0 saturated carbocycles. The van der Waals surface area contributed by atoms with E-state index < -0.39 is 24.4 Å². The van der Waals surface area contributed by atoms with Crippen LogP contribution in [-0.4, -0.2) is 66.7 Å². The van der Waals surface area contributed by atoms with Crippen molar-refractivity contribution in [3.63, 3.8) is 0 Å². The van der Waals surface area contributed by atoms with Crippen LogP contribution in [0.2, 0.25) is 0 Å². The van der Waals surface area contributed by atoms with E-state index >= 15 is 0 Å². The number of rotatable bonds is 4. The summed E-state index contributed by atoms with van der Waals surface area (Å²) in [6.07, 6.45) is 1.51. The van der Waals surface area contributed by atoms with Crippen molar-refractivity contribution in [2.45, 2.75) is 37.7 Å². The number of hydrogen-bond acceptors (Lipinski definition) is 4. The molecule has 109 valence electrons. The van der Waals surface area contributed by atoms with Gasteiger partial charge in [-0.2, -0.15) is 0 Å². The Kier molecular flexibility index (Phi) is 5.99. The second-order valence-corrected chi connectivity index (χ2v) is 4.87. The van der Waals surface area contributed by atoms with Gasteiger partial charge in [0.1, 0.15) is 6.04 Å². The van der Waals surface area contributed by atoms with Gasteiger partial charge in [-0.1, -0.05) is 6.54 Å². The Labute approximate surface area is 147 Å². The zero-order chi connectivity index (χ0) is 15.6. The molecule has 1 N–H and O–H groups in total. The zero-order valence-corrected chi connectivity index (χ0v) is 14.4. The Bertz CT molecular complexity index is 441. The van der Waals surface area contributed by atoms with Gasteiger partial charge in [0.2, 0.25) is 11.8 Å². The first-order valence-corrected chi connectivity index (χ1v) is 6.42. The van der Waals surface area contributed by atoms with Crippen molar-refractivity contribution in [1.29, 1.82) is 0 Å². The molecule has 2 aliphatic rings. The van der Waals surface area contributed by atoms with Gasteiger partial charge in [-0.15, -0.1) is 0 Å². The van der Waals surface area contributed by atoms with Crippen molar-refractivity contribution in [3.05, 3.63) is 0 Å². The van der Waals surface area contributed by atoms with Crippen molar-refractivity contribution in [2.24, 2.45) is 0 Å². The minimum atomic E-state index is -0.702. The molecule has 1 radical (unpaired) electrons. The number of nitrogens with one attached hydrogen (secondary N) is 1. The number of hydrogen-bond donors (Lipinski definition) is 1. The van der Waals surface area contributed by atoms with E-state index in [1.165, 1.54) is 4.90 Å². The topological polar surface area (TPSA) is 69.7 Å². The van der Waals surface area contributed by atoms with E-state index in [1.54, 1.807) is 13.3 Å². The molecule has 0 spiro atoms. The predicted octanol–water partition coefficient (Wildman–Crippen LogP) is -0.705. The fourth-order valence-corrected chi connectivity index (χ4v) is 2.58. The maximum atomic E-state index is 12.6. The summed E-state index contributed by atoms with van der Waals surface area (Å²) < 4.78 is 15.6. The number of likely N-dealkylation sites (tertiary alicyclic amines) is 2. The van der Waals surface area contributed by atoms with Crippen molar-refractivity contribution >= 4 is 18.1 Å². The van der Waals surface area contributed by atoms with Crippen molar-refractivity contribution in [1.82, 2.24) is 15.1 Å². The molecule has 4 atom stereocenters. The Morgan fingerprint density at radius 2 is 1.95 bits per heavy atom. The second kappa shape index (κ2) is 8.20. The van der Waals surface area contributed by atoms with Gasteiger partial charge in [0.25, 0.3) is 0 Å². The third-order valence-corrected chi connectivity index (χ3v) is 3.64. The summed E-state index contributed by atoms with van der Waals surface area (Å²) in [5.41, 5.74) is 0. The molecule has 2 saturated heterocycles. The zero-order valence-electron chi connectivity index (χ0n) is 13.5. The van der Waals surface area contributed by atoms with Gasteiger partial charge in [-0.3, -0.25) is 14.5 Å². The van der Waals surface area contributed by atoms with Gasteiger partial charge in [0, 0.05) is 42.0 Å². The normalized spacial score (nSPS) is 35.0. The fourth-order valence-electron chi connectivity index (χ4n) is 2.58. The van der Waals surface area contributed by atoms with Gasteiger partial charge in [-0.05, 0) is 39.2 Å². The molecule has 2 amide bonds. The first-order valence-electron chi connectivity index (χ1n) is 7.57. The molecule has 2 heterocycles. The molecule has 0 aliphatic carbocycles. The SMILES string of the molecule is [3H]C1C[C@H](C(=O)N2C[C@@H]([3H])C[C@H]2C(=O)NC[C-]=O)N(C)C1.[Y]. The average molecular weight is 359 g/mol. The molecule has 6 nitrogen and oxygen atoms in total. The van der Waals surface area contributed by atoms with Gasteiger partial charge in [-0.25, -0.2) is 6.29 Å². The molecule has 7 heteroatoms. The van der Waals surface area contributed by atoms with E-state index in [4.69, 9.17) is 2.74 Å². The summed E-state index contributed by atoms with van der Waals surface area (Å²) in [6.45, 7) is 0.540. The van der Waals surface area contributed by atoms with Crippen LogP contribution in [-0.2, 0) is 47.1 Å². The van der Waals surface area contributed by atoms with Gasteiger partial charge in [0.15, 0.2) is 0 Å². The van der Waals surface area contributed by atoms with Crippen molar-refractivity contribution in [2.75, 3.05) is 26.7 Å². The van der Waals surface area contributed by atoms with E-state index in [9.17, 15) is 14.4 Å². The molecular formula is C13H20N3O3Y-. The average Bonchev–Trinajstić information content (AvgIpc) is 2.98. The molecule has 2 rings (SSSR count). The van der Waals surface area contributed by atoms with Crippen LogP contribution in [0.25, 0.3) is 0 Å². The quantitative estimate of drug-likeness (QED) is 0.674. The predicted molar refractivity (Wildman–Crippen MR) is 69.1 cm³/mol. The van der Waals surface area contributed by atoms with Crippen LogP contribution in [0.1, 0.15) is 28.4 Å². The summed E-state index contributed by atoms with van der Waals surface area (Å²) >= 11 is 0. The summed E-state index contributed by atoms with van der Waals surface area (Å²) in [5.74, 6) is -0.609. The van der Waals surface area contributed by atoms with Gasteiger partial charge < -0.3 is 15.0 Å². The Balaban J connectivity index is 0.00000242. The first kappa shape index (κ1) is 14.6. The van der Waals surface area contributed by atoms with Gasteiger partial charge in [0.05, 0.1) is 6.04 Å².